The number of hydrogen-bond donors (Lipinski definition) is 1. The Bertz CT molecular complexity index is 517. The minimum Gasteiger partial charge on any atom is -0.494 e. The molecule has 1 N–H and O–H groups in total. The molecule has 94 valence electrons. The van der Waals surface area contributed by atoms with Crippen molar-refractivity contribution in [1.29, 1.82) is 0 Å². The van der Waals surface area contributed by atoms with Gasteiger partial charge < -0.3 is 10.1 Å². The number of benzene rings is 1. The molecule has 1 aliphatic rings. The highest BCUT2D eigenvalue weighted by atomic mass is 32.1. The van der Waals surface area contributed by atoms with Crippen LogP contribution in [0.4, 0.5) is 5.13 Å². The Morgan fingerprint density at radius 2 is 2.11 bits per heavy atom. The summed E-state index contributed by atoms with van der Waals surface area (Å²) < 4.78 is 5.43. The second kappa shape index (κ2) is 4.98. The lowest BCUT2D eigenvalue weighted by Crippen LogP contribution is -1.99. The number of rotatable bonds is 5. The molecule has 3 nitrogen and oxygen atoms in total. The molecule has 1 aromatic heterocycles. The Kier molecular flexibility index (Phi) is 3.19. The van der Waals surface area contributed by atoms with Crippen molar-refractivity contribution in [2.45, 2.75) is 25.8 Å². The molecule has 0 atom stereocenters. The van der Waals surface area contributed by atoms with Crippen molar-refractivity contribution in [3.63, 3.8) is 0 Å². The van der Waals surface area contributed by atoms with Gasteiger partial charge in [-0.1, -0.05) is 0 Å². The summed E-state index contributed by atoms with van der Waals surface area (Å²) >= 11 is 1.67. The van der Waals surface area contributed by atoms with E-state index in [1.807, 2.05) is 19.1 Å². The van der Waals surface area contributed by atoms with Gasteiger partial charge in [-0.2, -0.15) is 0 Å². The average Bonchev–Trinajstić information content (AvgIpc) is 3.07. The summed E-state index contributed by atoms with van der Waals surface area (Å²) in [6.07, 6.45) is 2.55. The van der Waals surface area contributed by atoms with Crippen LogP contribution < -0.4 is 10.1 Å². The van der Waals surface area contributed by atoms with E-state index in [2.05, 4.69) is 27.8 Å². The lowest BCUT2D eigenvalue weighted by atomic mass is 10.2. The molecule has 1 aliphatic carbocycles. The van der Waals surface area contributed by atoms with Crippen LogP contribution in [0, 0.1) is 0 Å². The first-order chi connectivity index (χ1) is 8.85. The van der Waals surface area contributed by atoms with Crippen molar-refractivity contribution in [2.24, 2.45) is 0 Å². The number of hydrogen-bond acceptors (Lipinski definition) is 4. The van der Waals surface area contributed by atoms with Gasteiger partial charge in [-0.15, -0.1) is 11.3 Å². The van der Waals surface area contributed by atoms with Gasteiger partial charge in [0.1, 0.15) is 5.75 Å². The molecule has 0 spiro atoms. The van der Waals surface area contributed by atoms with Gasteiger partial charge in [0.15, 0.2) is 5.13 Å². The Hall–Kier alpha value is -1.55. The van der Waals surface area contributed by atoms with Gasteiger partial charge >= 0.3 is 0 Å². The largest absolute Gasteiger partial charge is 0.494 e. The number of nitrogens with zero attached hydrogens (tertiary/aromatic N) is 1. The molecule has 0 radical (unpaired) electrons. The SMILES string of the molecule is CCOc1ccc(-c2csc(NC3CC3)n2)cc1. The van der Waals surface area contributed by atoms with Crippen LogP contribution >= 0.6 is 11.3 Å². The molecule has 18 heavy (non-hydrogen) atoms. The molecule has 0 unspecified atom stereocenters. The third-order valence-corrected chi connectivity index (χ3v) is 3.64. The van der Waals surface area contributed by atoms with Crippen LogP contribution in [0.3, 0.4) is 0 Å². The third kappa shape index (κ3) is 2.64. The van der Waals surface area contributed by atoms with Crippen LogP contribution in [0.1, 0.15) is 19.8 Å². The second-order valence-electron chi connectivity index (χ2n) is 4.41. The molecule has 0 aliphatic heterocycles. The van der Waals surface area contributed by atoms with Crippen LogP contribution in [-0.4, -0.2) is 17.6 Å². The third-order valence-electron chi connectivity index (χ3n) is 2.87. The topological polar surface area (TPSA) is 34.1 Å². The van der Waals surface area contributed by atoms with E-state index in [0.29, 0.717) is 12.6 Å². The predicted octanol–water partition coefficient (Wildman–Crippen LogP) is 3.78. The normalized spacial score (nSPS) is 14.5. The highest BCUT2D eigenvalue weighted by Gasteiger charge is 2.22. The van der Waals surface area contributed by atoms with Gasteiger partial charge in [0.05, 0.1) is 12.3 Å². The highest BCUT2D eigenvalue weighted by molar-refractivity contribution is 7.14. The van der Waals surface area contributed by atoms with Crippen molar-refractivity contribution in [3.8, 4) is 17.0 Å². The van der Waals surface area contributed by atoms with Gasteiger partial charge in [0.25, 0.3) is 0 Å². The Morgan fingerprint density at radius 3 is 2.78 bits per heavy atom. The quantitative estimate of drug-likeness (QED) is 0.888. The van der Waals surface area contributed by atoms with Crippen molar-refractivity contribution in [3.05, 3.63) is 29.6 Å². The zero-order valence-electron chi connectivity index (χ0n) is 10.3. The van der Waals surface area contributed by atoms with E-state index in [0.717, 1.165) is 22.1 Å². The molecule has 2 aromatic rings. The molecular weight excluding hydrogens is 244 g/mol. The molecule has 1 aromatic carbocycles. The van der Waals surface area contributed by atoms with E-state index >= 15 is 0 Å². The van der Waals surface area contributed by atoms with Crippen LogP contribution in [0.15, 0.2) is 29.6 Å². The zero-order chi connectivity index (χ0) is 12.4. The molecule has 1 saturated carbocycles. The van der Waals surface area contributed by atoms with Crippen molar-refractivity contribution in [2.75, 3.05) is 11.9 Å². The minimum atomic E-state index is 0.657. The van der Waals surface area contributed by atoms with E-state index in [9.17, 15) is 0 Å². The van der Waals surface area contributed by atoms with Crippen LogP contribution in [-0.2, 0) is 0 Å². The maximum atomic E-state index is 5.43. The number of aromatic nitrogens is 1. The van der Waals surface area contributed by atoms with E-state index < -0.39 is 0 Å². The number of nitrogens with one attached hydrogen (secondary N) is 1. The molecule has 1 fully saturated rings. The summed E-state index contributed by atoms with van der Waals surface area (Å²) in [5.41, 5.74) is 2.17. The average molecular weight is 260 g/mol. The standard InChI is InChI=1S/C14H16N2OS/c1-2-17-12-7-3-10(4-8-12)13-9-18-14(16-13)15-11-5-6-11/h3-4,7-9,11H,2,5-6H2,1H3,(H,15,16). The van der Waals surface area contributed by atoms with Crippen molar-refractivity contribution < 1.29 is 4.74 Å². The van der Waals surface area contributed by atoms with Gasteiger partial charge in [-0.05, 0) is 44.0 Å². The fourth-order valence-corrected chi connectivity index (χ4v) is 2.56. The van der Waals surface area contributed by atoms with Crippen molar-refractivity contribution in [1.82, 2.24) is 4.98 Å². The summed E-state index contributed by atoms with van der Waals surface area (Å²) in [5.74, 6) is 0.910. The summed E-state index contributed by atoms with van der Waals surface area (Å²) in [7, 11) is 0. The molecule has 3 rings (SSSR count). The van der Waals surface area contributed by atoms with Crippen molar-refractivity contribution >= 4 is 16.5 Å². The Morgan fingerprint density at radius 1 is 1.33 bits per heavy atom. The van der Waals surface area contributed by atoms with Gasteiger partial charge in [-0.3, -0.25) is 0 Å². The smallest absolute Gasteiger partial charge is 0.183 e. The number of anilines is 1. The number of thiazole rings is 1. The summed E-state index contributed by atoms with van der Waals surface area (Å²) in [6.45, 7) is 2.69. The van der Waals surface area contributed by atoms with Gasteiger partial charge in [-0.25, -0.2) is 4.98 Å². The first-order valence-electron chi connectivity index (χ1n) is 6.30. The molecule has 1 heterocycles. The minimum absolute atomic E-state index is 0.657. The van der Waals surface area contributed by atoms with E-state index in [4.69, 9.17) is 4.74 Å². The van der Waals surface area contributed by atoms with E-state index in [1.54, 1.807) is 11.3 Å². The predicted molar refractivity (Wildman–Crippen MR) is 75.4 cm³/mol. The molecule has 0 amide bonds. The fraction of sp³-hybridized carbons (Fsp3) is 0.357. The number of ether oxygens (including phenoxy) is 1. The first kappa shape index (κ1) is 11.5. The monoisotopic (exact) mass is 260 g/mol. The summed E-state index contributed by atoms with van der Waals surface area (Å²) in [6, 6.07) is 8.75. The fourth-order valence-electron chi connectivity index (χ4n) is 1.76. The molecular formula is C14H16N2OS. The highest BCUT2D eigenvalue weighted by Crippen LogP contribution is 2.30. The van der Waals surface area contributed by atoms with Gasteiger partial charge in [0.2, 0.25) is 0 Å². The first-order valence-corrected chi connectivity index (χ1v) is 7.18. The van der Waals surface area contributed by atoms with Gasteiger partial charge in [0, 0.05) is 17.0 Å². The molecule has 0 saturated heterocycles. The Labute approximate surface area is 111 Å². The summed E-state index contributed by atoms with van der Waals surface area (Å²) in [4.78, 5) is 4.60. The van der Waals surface area contributed by atoms with Crippen LogP contribution in [0.25, 0.3) is 11.3 Å². The summed E-state index contributed by atoms with van der Waals surface area (Å²) in [5, 5.41) is 6.55. The van der Waals surface area contributed by atoms with Crippen LogP contribution in [0.5, 0.6) is 5.75 Å². The van der Waals surface area contributed by atoms with E-state index in [1.165, 1.54) is 12.8 Å². The lowest BCUT2D eigenvalue weighted by molar-refractivity contribution is 0.340. The lowest BCUT2D eigenvalue weighted by Gasteiger charge is -2.03. The Balaban J connectivity index is 1.74. The maximum absolute atomic E-state index is 5.43. The van der Waals surface area contributed by atoms with E-state index in [-0.39, 0.29) is 0 Å². The maximum Gasteiger partial charge on any atom is 0.183 e. The van der Waals surface area contributed by atoms with Crippen LogP contribution in [0.2, 0.25) is 0 Å². The molecule has 0 bridgehead atoms. The molecule has 4 heteroatoms. The zero-order valence-corrected chi connectivity index (χ0v) is 11.2. The second-order valence-corrected chi connectivity index (χ2v) is 5.27.